The van der Waals surface area contributed by atoms with Crippen molar-refractivity contribution in [2.75, 3.05) is 30.9 Å². The summed E-state index contributed by atoms with van der Waals surface area (Å²) in [4.78, 5) is 12.3. The van der Waals surface area contributed by atoms with Crippen molar-refractivity contribution in [3.8, 4) is 11.5 Å². The normalized spacial score (nSPS) is 10.3. The molecule has 0 radical (unpaired) electrons. The van der Waals surface area contributed by atoms with E-state index >= 15 is 0 Å². The number of rotatable bonds is 9. The van der Waals surface area contributed by atoms with Crippen molar-refractivity contribution in [1.82, 2.24) is 10.2 Å². The Hall–Kier alpha value is -3.61. The molecule has 0 fully saturated rings. The highest BCUT2D eigenvalue weighted by molar-refractivity contribution is 6.02. The number of amides is 1. The zero-order valence-corrected chi connectivity index (χ0v) is 16.5. The molecular weight excluding hydrogens is 368 g/mol. The minimum absolute atomic E-state index is 0.247. The summed E-state index contributed by atoms with van der Waals surface area (Å²) in [6, 6.07) is 18.5. The smallest absolute Gasteiger partial charge is 0.276 e. The zero-order valence-electron chi connectivity index (χ0n) is 16.5. The van der Waals surface area contributed by atoms with E-state index in [1.807, 2.05) is 31.2 Å². The number of nitrogens with one attached hydrogen (secondary N) is 2. The van der Waals surface area contributed by atoms with Gasteiger partial charge in [-0.1, -0.05) is 12.1 Å². The SMILES string of the molecule is CCOc1ccc(NC(=O)c2ccc(NCCc3cccc(OC)c3)nn2)cc1. The number of aromatic nitrogens is 2. The Labute approximate surface area is 170 Å². The van der Waals surface area contributed by atoms with E-state index < -0.39 is 0 Å². The summed E-state index contributed by atoms with van der Waals surface area (Å²) >= 11 is 0. The second-order valence-corrected chi connectivity index (χ2v) is 6.24. The average molecular weight is 392 g/mol. The number of ether oxygens (including phenoxy) is 2. The lowest BCUT2D eigenvalue weighted by Gasteiger charge is -2.08. The van der Waals surface area contributed by atoms with Gasteiger partial charge in [-0.25, -0.2) is 0 Å². The average Bonchev–Trinajstić information content (AvgIpc) is 2.76. The van der Waals surface area contributed by atoms with Crippen molar-refractivity contribution >= 4 is 17.4 Å². The van der Waals surface area contributed by atoms with E-state index in [1.165, 1.54) is 0 Å². The van der Waals surface area contributed by atoms with Crippen LogP contribution >= 0.6 is 0 Å². The lowest BCUT2D eigenvalue weighted by molar-refractivity contribution is 0.102. The molecule has 1 aromatic heterocycles. The van der Waals surface area contributed by atoms with E-state index in [9.17, 15) is 4.79 Å². The summed E-state index contributed by atoms with van der Waals surface area (Å²) in [6.07, 6.45) is 0.818. The van der Waals surface area contributed by atoms with Crippen LogP contribution in [0.15, 0.2) is 60.7 Å². The number of carbonyl (C=O) groups is 1. The molecule has 150 valence electrons. The van der Waals surface area contributed by atoms with Crippen molar-refractivity contribution < 1.29 is 14.3 Å². The van der Waals surface area contributed by atoms with E-state index in [2.05, 4.69) is 20.8 Å². The van der Waals surface area contributed by atoms with Crippen LogP contribution in [-0.4, -0.2) is 36.4 Å². The number of nitrogens with zero attached hydrogens (tertiary/aromatic N) is 2. The topological polar surface area (TPSA) is 85.4 Å². The number of benzene rings is 2. The van der Waals surface area contributed by atoms with Gasteiger partial charge in [0, 0.05) is 12.2 Å². The molecule has 0 saturated carbocycles. The van der Waals surface area contributed by atoms with Gasteiger partial charge in [-0.05, 0) is 67.4 Å². The van der Waals surface area contributed by atoms with E-state index in [-0.39, 0.29) is 11.6 Å². The van der Waals surface area contributed by atoms with Crippen LogP contribution < -0.4 is 20.1 Å². The molecule has 7 nitrogen and oxygen atoms in total. The lowest BCUT2D eigenvalue weighted by Crippen LogP contribution is -2.15. The zero-order chi connectivity index (χ0) is 20.5. The van der Waals surface area contributed by atoms with E-state index in [0.717, 1.165) is 23.5 Å². The first-order valence-electron chi connectivity index (χ1n) is 9.42. The molecule has 0 bridgehead atoms. The van der Waals surface area contributed by atoms with Crippen molar-refractivity contribution in [2.45, 2.75) is 13.3 Å². The summed E-state index contributed by atoms with van der Waals surface area (Å²) in [6.45, 7) is 3.21. The molecule has 0 aliphatic carbocycles. The standard InChI is InChI=1S/C22H24N4O3/c1-3-29-18-9-7-17(8-10-18)24-22(27)20-11-12-21(26-25-20)23-14-13-16-5-4-6-19(15-16)28-2/h4-12,15H,3,13-14H2,1-2H3,(H,23,26)(H,24,27). The highest BCUT2D eigenvalue weighted by atomic mass is 16.5. The molecule has 2 N–H and O–H groups in total. The van der Waals surface area contributed by atoms with Gasteiger partial charge in [0.05, 0.1) is 13.7 Å². The first-order chi connectivity index (χ1) is 14.2. The van der Waals surface area contributed by atoms with Crippen molar-refractivity contribution in [3.05, 3.63) is 71.9 Å². The second-order valence-electron chi connectivity index (χ2n) is 6.24. The van der Waals surface area contributed by atoms with Crippen LogP contribution in [-0.2, 0) is 6.42 Å². The maximum absolute atomic E-state index is 12.3. The number of carbonyl (C=O) groups excluding carboxylic acids is 1. The fraction of sp³-hybridized carbons (Fsp3) is 0.227. The third-order valence-electron chi connectivity index (χ3n) is 4.17. The fourth-order valence-electron chi connectivity index (χ4n) is 2.71. The van der Waals surface area contributed by atoms with Crippen LogP contribution in [0.2, 0.25) is 0 Å². The Morgan fingerprint density at radius 2 is 1.83 bits per heavy atom. The highest BCUT2D eigenvalue weighted by Crippen LogP contribution is 2.16. The van der Waals surface area contributed by atoms with Gasteiger partial charge < -0.3 is 20.1 Å². The van der Waals surface area contributed by atoms with Crippen LogP contribution in [0.1, 0.15) is 23.0 Å². The molecule has 0 aliphatic heterocycles. The molecule has 3 aromatic rings. The summed E-state index contributed by atoms with van der Waals surface area (Å²) < 4.78 is 10.6. The minimum Gasteiger partial charge on any atom is -0.497 e. The van der Waals surface area contributed by atoms with Crippen LogP contribution in [0.25, 0.3) is 0 Å². The monoisotopic (exact) mass is 392 g/mol. The van der Waals surface area contributed by atoms with E-state index in [4.69, 9.17) is 9.47 Å². The first kappa shape index (κ1) is 20.1. The Morgan fingerprint density at radius 1 is 1.00 bits per heavy atom. The predicted octanol–water partition coefficient (Wildman–Crippen LogP) is 3.79. The molecular formula is C22H24N4O3. The largest absolute Gasteiger partial charge is 0.497 e. The molecule has 0 spiro atoms. The Kier molecular flexibility index (Phi) is 7.00. The molecule has 0 aliphatic rings. The minimum atomic E-state index is -0.315. The summed E-state index contributed by atoms with van der Waals surface area (Å²) in [7, 11) is 1.65. The molecule has 0 atom stereocenters. The third kappa shape index (κ3) is 5.93. The van der Waals surface area contributed by atoms with E-state index in [0.29, 0.717) is 24.7 Å². The van der Waals surface area contributed by atoms with Crippen LogP contribution in [0.5, 0.6) is 11.5 Å². The van der Waals surface area contributed by atoms with Gasteiger partial charge in [0.15, 0.2) is 5.69 Å². The fourth-order valence-corrected chi connectivity index (χ4v) is 2.71. The molecule has 0 unspecified atom stereocenters. The lowest BCUT2D eigenvalue weighted by atomic mass is 10.1. The van der Waals surface area contributed by atoms with Gasteiger partial charge in [0.1, 0.15) is 17.3 Å². The van der Waals surface area contributed by atoms with Gasteiger partial charge in [0.25, 0.3) is 5.91 Å². The number of anilines is 2. The van der Waals surface area contributed by atoms with E-state index in [1.54, 1.807) is 43.5 Å². The molecule has 3 rings (SSSR count). The van der Waals surface area contributed by atoms with Gasteiger partial charge in [-0.15, -0.1) is 10.2 Å². The number of hydrogen-bond donors (Lipinski definition) is 2. The predicted molar refractivity (Wildman–Crippen MR) is 113 cm³/mol. The molecule has 1 heterocycles. The molecule has 29 heavy (non-hydrogen) atoms. The summed E-state index contributed by atoms with van der Waals surface area (Å²) in [5.74, 6) is 1.90. The van der Waals surface area contributed by atoms with Crippen molar-refractivity contribution in [1.29, 1.82) is 0 Å². The van der Waals surface area contributed by atoms with Crippen LogP contribution in [0.4, 0.5) is 11.5 Å². The Balaban J connectivity index is 1.50. The highest BCUT2D eigenvalue weighted by Gasteiger charge is 2.09. The summed E-state index contributed by atoms with van der Waals surface area (Å²) in [5, 5.41) is 14.1. The van der Waals surface area contributed by atoms with Gasteiger partial charge >= 0.3 is 0 Å². The number of hydrogen-bond acceptors (Lipinski definition) is 6. The van der Waals surface area contributed by atoms with Gasteiger partial charge in [0.2, 0.25) is 0 Å². The van der Waals surface area contributed by atoms with Crippen molar-refractivity contribution in [3.63, 3.8) is 0 Å². The summed E-state index contributed by atoms with van der Waals surface area (Å²) in [5.41, 5.74) is 2.08. The molecule has 7 heteroatoms. The van der Waals surface area contributed by atoms with Gasteiger partial charge in [-0.3, -0.25) is 4.79 Å². The van der Waals surface area contributed by atoms with Crippen LogP contribution in [0.3, 0.4) is 0 Å². The molecule has 2 aromatic carbocycles. The van der Waals surface area contributed by atoms with Crippen LogP contribution in [0, 0.1) is 0 Å². The second kappa shape index (κ2) is 10.1. The maximum Gasteiger partial charge on any atom is 0.276 e. The van der Waals surface area contributed by atoms with Gasteiger partial charge in [-0.2, -0.15) is 0 Å². The Bertz CT molecular complexity index is 928. The number of methoxy groups -OCH3 is 1. The van der Waals surface area contributed by atoms with Crippen molar-refractivity contribution in [2.24, 2.45) is 0 Å². The Morgan fingerprint density at radius 3 is 2.52 bits per heavy atom. The third-order valence-corrected chi connectivity index (χ3v) is 4.17. The first-order valence-corrected chi connectivity index (χ1v) is 9.42. The molecule has 1 amide bonds. The maximum atomic E-state index is 12.3. The molecule has 0 saturated heterocycles. The quantitative estimate of drug-likeness (QED) is 0.576.